The lowest BCUT2D eigenvalue weighted by Gasteiger charge is -2.05. The summed E-state index contributed by atoms with van der Waals surface area (Å²) < 4.78 is 15.5. The Bertz CT molecular complexity index is 1150. The topological polar surface area (TPSA) is 37.5 Å². The summed E-state index contributed by atoms with van der Waals surface area (Å²) in [5, 5.41) is 10.7. The van der Waals surface area contributed by atoms with E-state index >= 15 is 0 Å². The Labute approximate surface area is 159 Å². The fourth-order valence-electron chi connectivity index (χ4n) is 3.03. The van der Waals surface area contributed by atoms with Crippen LogP contribution < -0.4 is 0 Å². The number of fused-ring (bicyclic) bond motifs is 1. The molecule has 0 bridgehead atoms. The third-order valence-electron chi connectivity index (χ3n) is 4.27. The van der Waals surface area contributed by atoms with Crippen molar-refractivity contribution in [2.24, 2.45) is 4.99 Å². The highest BCUT2D eigenvalue weighted by Crippen LogP contribution is 2.39. The van der Waals surface area contributed by atoms with Crippen LogP contribution in [0, 0.1) is 16.7 Å². The van der Waals surface area contributed by atoms with E-state index in [0.717, 1.165) is 28.1 Å². The van der Waals surface area contributed by atoms with Gasteiger partial charge in [0.05, 0.1) is 16.3 Å². The molecular weight excluding hydrogens is 367 g/mol. The highest BCUT2D eigenvalue weighted by Gasteiger charge is 2.20. The summed E-state index contributed by atoms with van der Waals surface area (Å²) in [4.78, 5) is 5.21. The number of aromatic hydroxyl groups is 1. The maximum absolute atomic E-state index is 13.6. The minimum atomic E-state index is -0.377. The van der Waals surface area contributed by atoms with Gasteiger partial charge in [0.15, 0.2) is 3.95 Å². The second kappa shape index (κ2) is 6.30. The van der Waals surface area contributed by atoms with Crippen LogP contribution in [0.1, 0.15) is 22.9 Å². The molecule has 0 saturated carbocycles. The average Bonchev–Trinajstić information content (AvgIpc) is 3.04. The van der Waals surface area contributed by atoms with Gasteiger partial charge < -0.3 is 5.11 Å². The molecule has 0 fully saturated rings. The van der Waals surface area contributed by atoms with Crippen molar-refractivity contribution in [1.82, 2.24) is 4.57 Å². The molecule has 1 aliphatic heterocycles. The Morgan fingerprint density at radius 2 is 2.00 bits per heavy atom. The van der Waals surface area contributed by atoms with E-state index in [1.165, 1.54) is 28.0 Å². The van der Waals surface area contributed by atoms with Crippen molar-refractivity contribution in [3.8, 4) is 11.6 Å². The number of thiazole rings is 1. The molecule has 1 aliphatic rings. The van der Waals surface area contributed by atoms with E-state index in [1.807, 2.05) is 32.1 Å². The molecular formula is C20H15FN2OS2. The highest BCUT2D eigenvalue weighted by molar-refractivity contribution is 7.73. The van der Waals surface area contributed by atoms with Gasteiger partial charge in [-0.25, -0.2) is 4.39 Å². The largest absolute Gasteiger partial charge is 0.493 e. The number of aryl methyl sites for hydroxylation is 1. The van der Waals surface area contributed by atoms with Gasteiger partial charge in [-0.15, -0.1) is 11.3 Å². The van der Waals surface area contributed by atoms with Gasteiger partial charge in [-0.2, -0.15) is 0 Å². The van der Waals surface area contributed by atoms with Crippen LogP contribution in [0.15, 0.2) is 47.5 Å². The van der Waals surface area contributed by atoms with Gasteiger partial charge in [0, 0.05) is 16.8 Å². The summed E-state index contributed by atoms with van der Waals surface area (Å²) in [5.74, 6) is -0.370. The molecule has 0 unspecified atom stereocenters. The molecule has 2 heterocycles. The summed E-state index contributed by atoms with van der Waals surface area (Å²) in [5.41, 5.74) is 5.46. The van der Waals surface area contributed by atoms with Crippen LogP contribution >= 0.6 is 23.6 Å². The van der Waals surface area contributed by atoms with Crippen LogP contribution in [0.5, 0.6) is 5.88 Å². The summed E-state index contributed by atoms with van der Waals surface area (Å²) in [7, 11) is 0. The second-order valence-electron chi connectivity index (χ2n) is 6.15. The minimum Gasteiger partial charge on any atom is -0.493 e. The first-order valence-electron chi connectivity index (χ1n) is 8.03. The molecule has 0 radical (unpaired) electrons. The lowest BCUT2D eigenvalue weighted by Crippen LogP contribution is -1.94. The SMILES string of the molecule is CC1=Nc2ccc(C)cc2C1=Cc1sc(=S)n(-c2cccc(F)c2)c1O. The smallest absolute Gasteiger partial charge is 0.215 e. The predicted octanol–water partition coefficient (Wildman–Crippen LogP) is 6.07. The van der Waals surface area contributed by atoms with E-state index in [1.54, 1.807) is 12.1 Å². The maximum Gasteiger partial charge on any atom is 0.215 e. The van der Waals surface area contributed by atoms with Crippen molar-refractivity contribution in [3.05, 3.63) is 68.2 Å². The molecule has 0 aliphatic carbocycles. The summed E-state index contributed by atoms with van der Waals surface area (Å²) >= 11 is 6.68. The lowest BCUT2D eigenvalue weighted by molar-refractivity contribution is 0.441. The van der Waals surface area contributed by atoms with E-state index in [9.17, 15) is 9.50 Å². The number of hydrogen-bond donors (Lipinski definition) is 1. The van der Waals surface area contributed by atoms with Gasteiger partial charge in [-0.05, 0) is 62.5 Å². The molecule has 1 N–H and O–H groups in total. The molecule has 3 aromatic rings. The van der Waals surface area contributed by atoms with Crippen LogP contribution in [0.25, 0.3) is 17.3 Å². The number of aliphatic imine (C=N–C) groups is 1. The minimum absolute atomic E-state index is 0.00648. The first-order chi connectivity index (χ1) is 12.4. The summed E-state index contributed by atoms with van der Waals surface area (Å²) in [6, 6.07) is 12.1. The predicted molar refractivity (Wildman–Crippen MR) is 108 cm³/mol. The van der Waals surface area contributed by atoms with Crippen molar-refractivity contribution in [3.63, 3.8) is 0 Å². The number of rotatable bonds is 2. The molecule has 0 atom stereocenters. The first-order valence-corrected chi connectivity index (χ1v) is 9.25. The molecule has 0 saturated heterocycles. The number of halogens is 1. The van der Waals surface area contributed by atoms with Crippen molar-refractivity contribution in [2.45, 2.75) is 13.8 Å². The molecule has 26 heavy (non-hydrogen) atoms. The van der Waals surface area contributed by atoms with E-state index < -0.39 is 0 Å². The third kappa shape index (κ3) is 2.81. The van der Waals surface area contributed by atoms with Gasteiger partial charge in [-0.3, -0.25) is 9.56 Å². The normalized spacial score (nSPS) is 14.6. The molecule has 0 amide bonds. The zero-order valence-corrected chi connectivity index (χ0v) is 15.8. The van der Waals surface area contributed by atoms with E-state index in [2.05, 4.69) is 11.1 Å². The maximum atomic E-state index is 13.6. The molecule has 0 spiro atoms. The van der Waals surface area contributed by atoms with Crippen LogP contribution in [-0.2, 0) is 0 Å². The zero-order valence-electron chi connectivity index (χ0n) is 14.2. The fraction of sp³-hybridized carbons (Fsp3) is 0.100. The fourth-order valence-corrected chi connectivity index (χ4v) is 4.32. The molecule has 6 heteroatoms. The van der Waals surface area contributed by atoms with Gasteiger partial charge in [0.25, 0.3) is 0 Å². The van der Waals surface area contributed by atoms with E-state index in [4.69, 9.17) is 12.2 Å². The third-order valence-corrected chi connectivity index (χ3v) is 5.58. The number of hydrogen-bond acceptors (Lipinski definition) is 4. The standard InChI is InChI=1S/C20H15FN2OS2/c1-11-6-7-17-16(8-11)15(12(2)22-17)10-18-19(24)23(20(25)26-18)14-5-3-4-13(21)9-14/h3-10,24H,1-2H3. The monoisotopic (exact) mass is 382 g/mol. The summed E-state index contributed by atoms with van der Waals surface area (Å²) in [6.07, 6.45) is 1.90. The van der Waals surface area contributed by atoms with E-state index in [-0.39, 0.29) is 11.7 Å². The van der Waals surface area contributed by atoms with Gasteiger partial charge in [0.2, 0.25) is 5.88 Å². The van der Waals surface area contributed by atoms with Crippen LogP contribution in [-0.4, -0.2) is 15.4 Å². The Hall–Kier alpha value is -2.57. The first kappa shape index (κ1) is 16.9. The van der Waals surface area contributed by atoms with Crippen molar-refractivity contribution >= 4 is 46.6 Å². The molecule has 3 nitrogen and oxygen atoms in total. The number of nitrogens with zero attached hydrogens (tertiary/aromatic N) is 2. The number of allylic oxidation sites excluding steroid dienone is 1. The highest BCUT2D eigenvalue weighted by atomic mass is 32.1. The Balaban J connectivity index is 1.86. The van der Waals surface area contributed by atoms with Crippen molar-refractivity contribution in [1.29, 1.82) is 0 Å². The Kier molecular flexibility index (Phi) is 4.09. The van der Waals surface area contributed by atoms with Crippen LogP contribution in [0.4, 0.5) is 10.1 Å². The van der Waals surface area contributed by atoms with E-state index in [0.29, 0.717) is 14.5 Å². The number of benzene rings is 2. The average molecular weight is 382 g/mol. The van der Waals surface area contributed by atoms with Gasteiger partial charge in [-0.1, -0.05) is 17.7 Å². The quantitative estimate of drug-likeness (QED) is 0.546. The Morgan fingerprint density at radius 3 is 2.77 bits per heavy atom. The lowest BCUT2D eigenvalue weighted by atomic mass is 10.0. The van der Waals surface area contributed by atoms with Crippen molar-refractivity contribution < 1.29 is 9.50 Å². The second-order valence-corrected chi connectivity index (χ2v) is 7.82. The van der Waals surface area contributed by atoms with Crippen LogP contribution in [0.2, 0.25) is 0 Å². The van der Waals surface area contributed by atoms with Gasteiger partial charge in [0.1, 0.15) is 5.82 Å². The molecule has 2 aromatic carbocycles. The number of aromatic nitrogens is 1. The Morgan fingerprint density at radius 1 is 1.19 bits per heavy atom. The molecule has 1 aromatic heterocycles. The summed E-state index contributed by atoms with van der Waals surface area (Å²) in [6.45, 7) is 3.98. The molecule has 130 valence electrons. The zero-order chi connectivity index (χ0) is 18.4. The van der Waals surface area contributed by atoms with Crippen molar-refractivity contribution in [2.75, 3.05) is 0 Å². The van der Waals surface area contributed by atoms with Crippen LogP contribution in [0.3, 0.4) is 0 Å². The molecule has 4 rings (SSSR count). The van der Waals surface area contributed by atoms with Gasteiger partial charge >= 0.3 is 0 Å².